The van der Waals surface area contributed by atoms with E-state index in [1.807, 2.05) is 0 Å². The van der Waals surface area contributed by atoms with Crippen molar-refractivity contribution in [2.75, 3.05) is 26.2 Å². The summed E-state index contributed by atoms with van der Waals surface area (Å²) >= 11 is 0. The number of nitrogens with one attached hydrogen (secondary N) is 4. The van der Waals surface area contributed by atoms with E-state index in [2.05, 4.69) is 114 Å². The van der Waals surface area contributed by atoms with Crippen LogP contribution in [0.5, 0.6) is 0 Å². The molecule has 3 aliphatic heterocycles. The third kappa shape index (κ3) is 8.88. The monoisotopic (exact) mass is 535 g/mol. The van der Waals surface area contributed by atoms with Crippen LogP contribution < -0.4 is 21.3 Å². The number of rotatable bonds is 10. The van der Waals surface area contributed by atoms with Crippen molar-refractivity contribution in [3.8, 4) is 0 Å². The number of nitrogens with zero attached hydrogens (tertiary/aromatic N) is 2. The maximum atomic E-state index is 3.92. The van der Waals surface area contributed by atoms with Gasteiger partial charge in [-0.2, -0.15) is 0 Å². The van der Waals surface area contributed by atoms with Gasteiger partial charge in [0.2, 0.25) is 0 Å². The molecule has 0 aromatic carbocycles. The van der Waals surface area contributed by atoms with Gasteiger partial charge in [0.25, 0.3) is 0 Å². The normalized spacial score (nSPS) is 34.4. The minimum Gasteiger partial charge on any atom is -0.314 e. The molecule has 0 spiro atoms. The number of piperidine rings is 2. The summed E-state index contributed by atoms with van der Waals surface area (Å²) in [6.45, 7) is 33.2. The van der Waals surface area contributed by atoms with Gasteiger partial charge < -0.3 is 21.3 Å². The molecule has 4 atom stereocenters. The van der Waals surface area contributed by atoms with Crippen LogP contribution in [0, 0.1) is 0 Å². The van der Waals surface area contributed by atoms with Crippen LogP contribution in [0.25, 0.3) is 0 Å². The lowest BCUT2D eigenvalue weighted by molar-refractivity contribution is -0.0407. The topological polar surface area (TPSA) is 54.6 Å². The molecule has 224 valence electrons. The standard InChI is InChI=1S/C32H66N6/c1-23-24(2)38(18-14-16-34-28-21-31(9,10)36-32(11,12)22-28)26(4)25(3)37(23)17-13-15-33-27-19-29(5,6)35-30(7,8)20-27/h23-28,33-36H,13-22H2,1-12H3. The summed E-state index contributed by atoms with van der Waals surface area (Å²) in [5.41, 5.74) is 0.833. The molecule has 0 amide bonds. The summed E-state index contributed by atoms with van der Waals surface area (Å²) in [6, 6.07) is 3.60. The third-order valence-corrected chi connectivity index (χ3v) is 9.92. The average Bonchev–Trinajstić information content (AvgIpc) is 2.72. The van der Waals surface area contributed by atoms with Gasteiger partial charge in [-0.1, -0.05) is 0 Å². The van der Waals surface area contributed by atoms with Gasteiger partial charge in [0.15, 0.2) is 0 Å². The fourth-order valence-corrected chi connectivity index (χ4v) is 8.73. The Kier molecular flexibility index (Phi) is 10.5. The summed E-state index contributed by atoms with van der Waals surface area (Å²) in [6.07, 6.45) is 7.28. The molecule has 6 heteroatoms. The molecule has 0 aliphatic carbocycles. The van der Waals surface area contributed by atoms with Crippen molar-refractivity contribution >= 4 is 0 Å². The molecule has 3 aliphatic rings. The number of piperazine rings is 1. The smallest absolute Gasteiger partial charge is 0.0224 e. The molecule has 38 heavy (non-hydrogen) atoms. The highest BCUT2D eigenvalue weighted by molar-refractivity contribution is 5.01. The summed E-state index contributed by atoms with van der Waals surface area (Å²) in [5, 5.41) is 15.5. The van der Waals surface area contributed by atoms with Gasteiger partial charge in [-0.05, 0) is 135 Å². The third-order valence-electron chi connectivity index (χ3n) is 9.92. The summed E-state index contributed by atoms with van der Waals surface area (Å²) < 4.78 is 0. The molecule has 0 aromatic rings. The molecular weight excluding hydrogens is 468 g/mol. The first-order valence-corrected chi connectivity index (χ1v) is 16.0. The average molecular weight is 535 g/mol. The van der Waals surface area contributed by atoms with Crippen LogP contribution in [0.2, 0.25) is 0 Å². The lowest BCUT2D eigenvalue weighted by Gasteiger charge is -2.53. The fourth-order valence-electron chi connectivity index (χ4n) is 8.73. The molecule has 3 fully saturated rings. The second kappa shape index (κ2) is 12.3. The Morgan fingerprint density at radius 1 is 0.526 bits per heavy atom. The van der Waals surface area contributed by atoms with Gasteiger partial charge in [0, 0.05) is 71.5 Å². The summed E-state index contributed by atoms with van der Waals surface area (Å²) in [7, 11) is 0. The minimum absolute atomic E-state index is 0.208. The van der Waals surface area contributed by atoms with Crippen molar-refractivity contribution in [1.29, 1.82) is 0 Å². The van der Waals surface area contributed by atoms with Crippen molar-refractivity contribution in [3.63, 3.8) is 0 Å². The van der Waals surface area contributed by atoms with Crippen LogP contribution in [0.3, 0.4) is 0 Å². The van der Waals surface area contributed by atoms with E-state index in [9.17, 15) is 0 Å². The maximum absolute atomic E-state index is 3.92. The molecule has 6 nitrogen and oxygen atoms in total. The zero-order valence-electron chi connectivity index (χ0n) is 27.4. The molecule has 3 heterocycles. The first-order chi connectivity index (χ1) is 17.4. The number of hydrogen-bond donors (Lipinski definition) is 4. The molecule has 4 unspecified atom stereocenters. The van der Waals surface area contributed by atoms with E-state index in [1.54, 1.807) is 0 Å². The van der Waals surface area contributed by atoms with Crippen molar-refractivity contribution in [2.24, 2.45) is 0 Å². The van der Waals surface area contributed by atoms with Gasteiger partial charge in [0.1, 0.15) is 0 Å². The van der Waals surface area contributed by atoms with Crippen LogP contribution in [-0.4, -0.2) is 94.4 Å². The van der Waals surface area contributed by atoms with E-state index in [0.717, 1.165) is 13.1 Å². The van der Waals surface area contributed by atoms with Crippen LogP contribution in [0.4, 0.5) is 0 Å². The maximum Gasteiger partial charge on any atom is 0.0224 e. The van der Waals surface area contributed by atoms with Crippen LogP contribution in [-0.2, 0) is 0 Å². The first-order valence-electron chi connectivity index (χ1n) is 16.0. The van der Waals surface area contributed by atoms with Crippen molar-refractivity contribution < 1.29 is 0 Å². The zero-order chi connectivity index (χ0) is 28.5. The molecule has 3 rings (SSSR count). The fraction of sp³-hybridized carbons (Fsp3) is 1.00. The van der Waals surface area contributed by atoms with E-state index in [4.69, 9.17) is 0 Å². The quantitative estimate of drug-likeness (QED) is 0.304. The van der Waals surface area contributed by atoms with Gasteiger partial charge in [0.05, 0.1) is 0 Å². The Balaban J connectivity index is 1.41. The van der Waals surface area contributed by atoms with E-state index < -0.39 is 0 Å². The SMILES string of the molecule is CC1C(C)N(CCCNC2CC(C)(C)NC(C)(C)C2)C(C)C(C)N1CCCNC1CC(C)(C)NC(C)(C)C1. The van der Waals surface area contributed by atoms with Crippen LogP contribution >= 0.6 is 0 Å². The van der Waals surface area contributed by atoms with E-state index >= 15 is 0 Å². The Morgan fingerprint density at radius 2 is 0.789 bits per heavy atom. The van der Waals surface area contributed by atoms with Crippen molar-refractivity contribution in [2.45, 2.75) is 180 Å². The lowest BCUT2D eigenvalue weighted by Crippen LogP contribution is -2.65. The van der Waals surface area contributed by atoms with Gasteiger partial charge in [-0.15, -0.1) is 0 Å². The molecule has 0 aromatic heterocycles. The Labute approximate surface area is 237 Å². The van der Waals surface area contributed by atoms with Crippen LogP contribution in [0.1, 0.15) is 122 Å². The molecule has 0 bridgehead atoms. The lowest BCUT2D eigenvalue weighted by atomic mass is 9.79. The van der Waals surface area contributed by atoms with Crippen molar-refractivity contribution in [3.05, 3.63) is 0 Å². The Morgan fingerprint density at radius 3 is 1.05 bits per heavy atom. The van der Waals surface area contributed by atoms with Gasteiger partial charge in [-0.3, -0.25) is 9.80 Å². The highest BCUT2D eigenvalue weighted by atomic mass is 15.3. The van der Waals surface area contributed by atoms with Crippen LogP contribution in [0.15, 0.2) is 0 Å². The van der Waals surface area contributed by atoms with Gasteiger partial charge in [-0.25, -0.2) is 0 Å². The number of hydrogen-bond acceptors (Lipinski definition) is 6. The highest BCUT2D eigenvalue weighted by Crippen LogP contribution is 2.30. The van der Waals surface area contributed by atoms with E-state index in [0.29, 0.717) is 36.3 Å². The highest BCUT2D eigenvalue weighted by Gasteiger charge is 2.41. The summed E-state index contributed by atoms with van der Waals surface area (Å²) in [5.74, 6) is 0. The first kappa shape index (κ1) is 32.3. The summed E-state index contributed by atoms with van der Waals surface area (Å²) in [4.78, 5) is 5.59. The molecule has 0 radical (unpaired) electrons. The molecule has 3 saturated heterocycles. The second-order valence-corrected chi connectivity index (χ2v) is 16.0. The van der Waals surface area contributed by atoms with Crippen molar-refractivity contribution in [1.82, 2.24) is 31.1 Å². The Hall–Kier alpha value is -0.240. The predicted octanol–water partition coefficient (Wildman–Crippen LogP) is 4.74. The van der Waals surface area contributed by atoms with Gasteiger partial charge >= 0.3 is 0 Å². The second-order valence-electron chi connectivity index (χ2n) is 16.0. The Bertz CT molecular complexity index is 636. The molecule has 0 saturated carbocycles. The molecular formula is C32H66N6. The predicted molar refractivity (Wildman–Crippen MR) is 165 cm³/mol. The van der Waals surface area contributed by atoms with E-state index in [-0.39, 0.29) is 22.2 Å². The zero-order valence-corrected chi connectivity index (χ0v) is 27.4. The van der Waals surface area contributed by atoms with E-state index in [1.165, 1.54) is 51.6 Å². The molecule has 4 N–H and O–H groups in total. The largest absolute Gasteiger partial charge is 0.314 e. The minimum atomic E-state index is 0.208.